The van der Waals surface area contributed by atoms with Crippen molar-refractivity contribution in [1.29, 1.82) is 0 Å². The maximum atomic E-state index is 5.86. The predicted molar refractivity (Wildman–Crippen MR) is 60.0 cm³/mol. The summed E-state index contributed by atoms with van der Waals surface area (Å²) < 4.78 is 0. The van der Waals surface area contributed by atoms with Gasteiger partial charge in [-0.25, -0.2) is 0 Å². The van der Waals surface area contributed by atoms with Gasteiger partial charge in [-0.15, -0.1) is 69.6 Å². The maximum absolute atomic E-state index is 5.86. The van der Waals surface area contributed by atoms with Crippen molar-refractivity contribution < 1.29 is 0 Å². The van der Waals surface area contributed by atoms with Crippen molar-refractivity contribution in [3.05, 3.63) is 0 Å². The fourth-order valence-corrected chi connectivity index (χ4v) is 2.13. The van der Waals surface area contributed by atoms with Gasteiger partial charge in [0.15, 0.2) is 0 Å². The van der Waals surface area contributed by atoms with E-state index in [1.807, 2.05) is 0 Å². The van der Waals surface area contributed by atoms with Crippen LogP contribution in [0.5, 0.6) is 0 Å². The minimum Gasteiger partial charge on any atom is -0.125 e. The molecule has 0 bridgehead atoms. The SMILES string of the molecule is ClCC(Cl)C(Cl)C(Cl)C(Cl)CCl. The lowest BCUT2D eigenvalue weighted by molar-refractivity contribution is 0.737. The van der Waals surface area contributed by atoms with Crippen molar-refractivity contribution in [2.45, 2.75) is 21.5 Å². The quantitative estimate of drug-likeness (QED) is 0.674. The Morgan fingerprint density at radius 1 is 0.667 bits per heavy atom. The molecule has 0 amide bonds. The Morgan fingerprint density at radius 2 is 0.917 bits per heavy atom. The molecule has 0 heterocycles. The molecule has 6 heteroatoms. The zero-order chi connectivity index (χ0) is 9.72. The van der Waals surface area contributed by atoms with E-state index in [1.54, 1.807) is 0 Å². The molecule has 0 fully saturated rings. The molecule has 0 aromatic carbocycles. The Kier molecular flexibility index (Phi) is 8.12. The lowest BCUT2D eigenvalue weighted by Gasteiger charge is -2.21. The van der Waals surface area contributed by atoms with Crippen LogP contribution in [0.4, 0.5) is 0 Å². The lowest BCUT2D eigenvalue weighted by Crippen LogP contribution is -2.34. The number of rotatable bonds is 5. The molecule has 0 rings (SSSR count). The Morgan fingerprint density at radius 3 is 1.08 bits per heavy atom. The highest BCUT2D eigenvalue weighted by Crippen LogP contribution is 2.25. The Hall–Kier alpha value is 1.74. The third-order valence-corrected chi connectivity index (χ3v) is 4.66. The summed E-state index contributed by atoms with van der Waals surface area (Å²) in [6.07, 6.45) is 0. The monoisotopic (exact) mass is 290 g/mol. The Labute approximate surface area is 102 Å². The third-order valence-electron chi connectivity index (χ3n) is 1.29. The van der Waals surface area contributed by atoms with Crippen LogP contribution < -0.4 is 0 Å². The van der Waals surface area contributed by atoms with Crippen LogP contribution in [0.3, 0.4) is 0 Å². The molecule has 0 spiro atoms. The molecule has 0 aromatic rings. The molecule has 0 radical (unpaired) electrons. The molecule has 0 aliphatic heterocycles. The predicted octanol–water partition coefficient (Wildman–Crippen LogP) is 3.89. The molecule has 0 N–H and O–H groups in total. The van der Waals surface area contributed by atoms with Crippen molar-refractivity contribution in [1.82, 2.24) is 0 Å². The first-order valence-electron chi connectivity index (χ1n) is 3.22. The smallest absolute Gasteiger partial charge is 0.0689 e. The van der Waals surface area contributed by atoms with Gasteiger partial charge in [0, 0.05) is 11.8 Å². The van der Waals surface area contributed by atoms with Gasteiger partial charge >= 0.3 is 0 Å². The van der Waals surface area contributed by atoms with Crippen LogP contribution in [0.2, 0.25) is 0 Å². The van der Waals surface area contributed by atoms with Crippen LogP contribution in [0.15, 0.2) is 0 Å². The molecule has 74 valence electrons. The van der Waals surface area contributed by atoms with E-state index in [1.165, 1.54) is 0 Å². The zero-order valence-electron chi connectivity index (χ0n) is 5.99. The van der Waals surface area contributed by atoms with Crippen LogP contribution in [0.1, 0.15) is 0 Å². The van der Waals surface area contributed by atoms with Crippen molar-refractivity contribution in [3.63, 3.8) is 0 Å². The molecule has 12 heavy (non-hydrogen) atoms. The molecular weight excluding hydrogens is 285 g/mol. The summed E-state index contributed by atoms with van der Waals surface area (Å²) in [4.78, 5) is 0. The van der Waals surface area contributed by atoms with Crippen LogP contribution in [0.25, 0.3) is 0 Å². The second-order valence-corrected chi connectivity index (χ2v) is 4.98. The number of alkyl halides is 6. The van der Waals surface area contributed by atoms with E-state index < -0.39 is 10.8 Å². The average molecular weight is 293 g/mol. The molecule has 4 unspecified atom stereocenters. The van der Waals surface area contributed by atoms with Gasteiger partial charge in [0.25, 0.3) is 0 Å². The number of hydrogen-bond acceptors (Lipinski definition) is 0. The van der Waals surface area contributed by atoms with Gasteiger partial charge in [0.2, 0.25) is 0 Å². The minimum atomic E-state index is -0.466. The van der Waals surface area contributed by atoms with Crippen LogP contribution >= 0.6 is 69.6 Å². The first-order valence-corrected chi connectivity index (χ1v) is 6.04. The molecular formula is C6H8Cl6. The van der Waals surface area contributed by atoms with E-state index in [-0.39, 0.29) is 22.5 Å². The van der Waals surface area contributed by atoms with Crippen molar-refractivity contribution >= 4 is 69.6 Å². The maximum Gasteiger partial charge on any atom is 0.0689 e. The van der Waals surface area contributed by atoms with E-state index in [0.717, 1.165) is 0 Å². The van der Waals surface area contributed by atoms with Gasteiger partial charge in [-0.05, 0) is 0 Å². The molecule has 4 atom stereocenters. The summed E-state index contributed by atoms with van der Waals surface area (Å²) in [7, 11) is 0. The molecule has 0 nitrogen and oxygen atoms in total. The number of hydrogen-bond donors (Lipinski definition) is 0. The van der Waals surface area contributed by atoms with Gasteiger partial charge in [0.05, 0.1) is 21.5 Å². The summed E-state index contributed by atoms with van der Waals surface area (Å²) in [6, 6.07) is 0. The summed E-state index contributed by atoms with van der Waals surface area (Å²) in [5.41, 5.74) is 0. The third kappa shape index (κ3) is 4.30. The molecule has 0 aliphatic rings. The summed E-state index contributed by atoms with van der Waals surface area (Å²) in [5, 5.41) is -1.71. The molecule has 0 saturated carbocycles. The van der Waals surface area contributed by atoms with Crippen LogP contribution in [0, 0.1) is 0 Å². The second kappa shape index (κ2) is 7.09. The zero-order valence-corrected chi connectivity index (χ0v) is 10.5. The van der Waals surface area contributed by atoms with Gasteiger partial charge in [-0.3, -0.25) is 0 Å². The van der Waals surface area contributed by atoms with Crippen molar-refractivity contribution in [2.75, 3.05) is 11.8 Å². The van der Waals surface area contributed by atoms with Crippen molar-refractivity contribution in [2.24, 2.45) is 0 Å². The standard InChI is InChI=1S/C6H8Cl6/c7-1-3(9)5(11)6(12)4(10)2-8/h3-6H,1-2H2. The highest BCUT2D eigenvalue weighted by atomic mass is 35.5. The molecule has 0 aromatic heterocycles. The fraction of sp³-hybridized carbons (Fsp3) is 1.00. The molecule has 0 saturated heterocycles. The minimum absolute atomic E-state index is 0.241. The molecule has 0 aliphatic carbocycles. The van der Waals surface area contributed by atoms with Gasteiger partial charge in [-0.2, -0.15) is 0 Å². The lowest BCUT2D eigenvalue weighted by atomic mass is 10.2. The Balaban J connectivity index is 3.99. The highest BCUT2D eigenvalue weighted by Gasteiger charge is 2.29. The van der Waals surface area contributed by atoms with E-state index in [0.29, 0.717) is 0 Å². The summed E-state index contributed by atoms with van der Waals surface area (Å²) in [6.45, 7) is 0. The van der Waals surface area contributed by atoms with Crippen LogP contribution in [-0.2, 0) is 0 Å². The van der Waals surface area contributed by atoms with E-state index in [4.69, 9.17) is 69.6 Å². The van der Waals surface area contributed by atoms with Crippen LogP contribution in [-0.4, -0.2) is 33.3 Å². The fourth-order valence-electron chi connectivity index (χ4n) is 0.569. The Bertz CT molecular complexity index is 105. The van der Waals surface area contributed by atoms with Gasteiger partial charge in [0.1, 0.15) is 0 Å². The normalized spacial score (nSPS) is 21.5. The highest BCUT2D eigenvalue weighted by molar-refractivity contribution is 6.40. The second-order valence-electron chi connectivity index (χ2n) is 2.23. The first-order chi connectivity index (χ1) is 5.54. The topological polar surface area (TPSA) is 0 Å². The van der Waals surface area contributed by atoms with E-state index in [2.05, 4.69) is 0 Å². The first kappa shape index (κ1) is 13.7. The average Bonchev–Trinajstić information content (AvgIpc) is 2.12. The van der Waals surface area contributed by atoms with Gasteiger partial charge < -0.3 is 0 Å². The van der Waals surface area contributed by atoms with E-state index in [9.17, 15) is 0 Å². The van der Waals surface area contributed by atoms with Crippen molar-refractivity contribution in [3.8, 4) is 0 Å². The summed E-state index contributed by atoms with van der Waals surface area (Å²) >= 11 is 34.2. The summed E-state index contributed by atoms with van der Waals surface area (Å²) in [5.74, 6) is 0.482. The number of halogens is 6. The largest absolute Gasteiger partial charge is 0.125 e. The van der Waals surface area contributed by atoms with E-state index >= 15 is 0 Å². The van der Waals surface area contributed by atoms with Gasteiger partial charge in [-0.1, -0.05) is 0 Å².